The predicted octanol–water partition coefficient (Wildman–Crippen LogP) is 5.34. The fourth-order valence-electron chi connectivity index (χ4n) is 3.64. The molecule has 3 aromatic rings. The van der Waals surface area contributed by atoms with Crippen LogP contribution in [0.4, 0.5) is 22.7 Å². The van der Waals surface area contributed by atoms with Gasteiger partial charge in [0.25, 0.3) is 5.91 Å². The number of nitrogens with one attached hydrogen (secondary N) is 1. The second kappa shape index (κ2) is 7.86. The molecule has 0 aliphatic carbocycles. The van der Waals surface area contributed by atoms with Crippen molar-refractivity contribution in [3.8, 4) is 0 Å². The molecule has 1 atom stereocenters. The maximum Gasteiger partial charge on any atom is 0.417 e. The van der Waals surface area contributed by atoms with Crippen LogP contribution in [-0.2, 0) is 6.18 Å². The van der Waals surface area contributed by atoms with Gasteiger partial charge in [0.2, 0.25) is 0 Å². The smallest absolute Gasteiger partial charge is 0.361 e. The Labute approximate surface area is 174 Å². The molecule has 4 nitrogen and oxygen atoms in total. The molecule has 4 rings (SSSR count). The zero-order valence-electron chi connectivity index (χ0n) is 16.1. The summed E-state index contributed by atoms with van der Waals surface area (Å²) in [4.78, 5) is 18.7. The van der Waals surface area contributed by atoms with Gasteiger partial charge in [-0.3, -0.25) is 4.79 Å². The van der Waals surface area contributed by atoms with E-state index in [0.717, 1.165) is 10.8 Å². The number of carbonyl (C=O) groups excluding carboxylic acids is 1. The lowest BCUT2D eigenvalue weighted by atomic mass is 10.0. The number of alkyl halides is 3. The van der Waals surface area contributed by atoms with Crippen molar-refractivity contribution < 1.29 is 22.4 Å². The van der Waals surface area contributed by atoms with Crippen molar-refractivity contribution in [2.24, 2.45) is 5.92 Å². The number of anilines is 1. The van der Waals surface area contributed by atoms with E-state index in [-0.39, 0.29) is 17.3 Å². The van der Waals surface area contributed by atoms with Crippen LogP contribution in [0.3, 0.4) is 0 Å². The number of likely N-dealkylation sites (tertiary alicyclic amines) is 1. The summed E-state index contributed by atoms with van der Waals surface area (Å²) in [5.74, 6) is -0.821. The summed E-state index contributed by atoms with van der Waals surface area (Å²) in [7, 11) is 0. The molecule has 1 N–H and O–H groups in total. The van der Waals surface area contributed by atoms with Crippen LogP contribution in [0.5, 0.6) is 0 Å². The van der Waals surface area contributed by atoms with Crippen molar-refractivity contribution in [2.45, 2.75) is 19.5 Å². The molecule has 0 unspecified atom stereocenters. The van der Waals surface area contributed by atoms with Gasteiger partial charge in [-0.1, -0.05) is 23.0 Å². The quantitative estimate of drug-likeness (QED) is 0.561. The molecule has 0 saturated carbocycles. The van der Waals surface area contributed by atoms with Gasteiger partial charge in [-0.15, -0.1) is 0 Å². The van der Waals surface area contributed by atoms with Crippen molar-refractivity contribution in [2.75, 3.05) is 25.0 Å². The molecule has 1 aromatic heterocycles. The Balaban J connectivity index is 1.42. The largest absolute Gasteiger partial charge is 0.417 e. The lowest BCUT2D eigenvalue weighted by molar-refractivity contribution is -0.138. The van der Waals surface area contributed by atoms with Gasteiger partial charge >= 0.3 is 6.18 Å². The first-order valence-corrected chi connectivity index (χ1v) is 10.3. The lowest BCUT2D eigenvalue weighted by Gasteiger charge is -2.20. The molecule has 158 valence electrons. The fourth-order valence-corrected chi connectivity index (χ4v) is 4.54. The Kier molecular flexibility index (Phi) is 5.40. The number of fused-ring (bicyclic) bond motifs is 1. The topological polar surface area (TPSA) is 45.2 Å². The summed E-state index contributed by atoms with van der Waals surface area (Å²) >= 11 is 1.34. The van der Waals surface area contributed by atoms with E-state index < -0.39 is 17.6 Å². The minimum absolute atomic E-state index is 0.0943. The Morgan fingerprint density at radius 3 is 2.83 bits per heavy atom. The number of hydrogen-bond acceptors (Lipinski definition) is 4. The molecular formula is C21H19F4N3OS. The molecule has 30 heavy (non-hydrogen) atoms. The third-order valence-corrected chi connectivity index (χ3v) is 6.15. The monoisotopic (exact) mass is 437 g/mol. The van der Waals surface area contributed by atoms with Gasteiger partial charge in [-0.2, -0.15) is 13.2 Å². The summed E-state index contributed by atoms with van der Waals surface area (Å²) < 4.78 is 54.0. The van der Waals surface area contributed by atoms with Gasteiger partial charge in [0, 0.05) is 19.6 Å². The van der Waals surface area contributed by atoms with E-state index in [1.807, 2.05) is 0 Å². The molecule has 0 spiro atoms. The Morgan fingerprint density at radius 1 is 1.27 bits per heavy atom. The van der Waals surface area contributed by atoms with Gasteiger partial charge in [0.05, 0.1) is 21.3 Å². The van der Waals surface area contributed by atoms with E-state index in [2.05, 4.69) is 10.3 Å². The number of amides is 1. The van der Waals surface area contributed by atoms with E-state index >= 15 is 0 Å². The van der Waals surface area contributed by atoms with Gasteiger partial charge in [0.15, 0.2) is 5.13 Å². The van der Waals surface area contributed by atoms with Crippen LogP contribution >= 0.6 is 11.3 Å². The number of halogens is 4. The number of benzene rings is 2. The molecular weight excluding hydrogens is 418 g/mol. The molecule has 2 aromatic carbocycles. The third-order valence-electron chi connectivity index (χ3n) is 5.18. The van der Waals surface area contributed by atoms with Crippen molar-refractivity contribution in [1.82, 2.24) is 9.88 Å². The zero-order valence-corrected chi connectivity index (χ0v) is 16.9. The van der Waals surface area contributed by atoms with Crippen LogP contribution in [0.2, 0.25) is 0 Å². The van der Waals surface area contributed by atoms with E-state index in [1.54, 1.807) is 13.0 Å². The van der Waals surface area contributed by atoms with Gasteiger partial charge in [0.1, 0.15) is 5.82 Å². The summed E-state index contributed by atoms with van der Waals surface area (Å²) in [6, 6.07) is 8.02. The second-order valence-electron chi connectivity index (χ2n) is 7.46. The number of nitrogens with zero attached hydrogens (tertiary/aromatic N) is 2. The standard InChI is InChI=1S/C21H19F4N3OS/c1-12-2-4-16(21(23,24)25)15(8-12)19(29)28-7-6-13(11-28)10-26-20-27-17-5-3-14(22)9-18(17)30-20/h2-5,8-9,13H,6-7,10-11H2,1H3,(H,26,27)/t13-/m0/s1. The summed E-state index contributed by atoms with van der Waals surface area (Å²) in [6.45, 7) is 2.97. The minimum atomic E-state index is -4.58. The number of thiazole rings is 1. The summed E-state index contributed by atoms with van der Waals surface area (Å²) in [6.07, 6.45) is -3.89. The van der Waals surface area contributed by atoms with Crippen molar-refractivity contribution in [3.05, 3.63) is 58.9 Å². The van der Waals surface area contributed by atoms with Crippen LogP contribution in [0, 0.1) is 18.7 Å². The van der Waals surface area contributed by atoms with E-state index in [0.29, 0.717) is 42.3 Å². The summed E-state index contributed by atoms with van der Waals surface area (Å²) in [5, 5.41) is 3.86. The maximum atomic E-state index is 13.3. The van der Waals surface area contributed by atoms with Crippen molar-refractivity contribution in [1.29, 1.82) is 0 Å². The highest BCUT2D eigenvalue weighted by atomic mass is 32.1. The molecule has 9 heteroatoms. The summed E-state index contributed by atoms with van der Waals surface area (Å²) in [5.41, 5.74) is 0.105. The van der Waals surface area contributed by atoms with E-state index in [4.69, 9.17) is 0 Å². The van der Waals surface area contributed by atoms with Gasteiger partial charge in [-0.05, 0) is 49.6 Å². The molecule has 2 heterocycles. The molecule has 1 saturated heterocycles. The highest BCUT2D eigenvalue weighted by molar-refractivity contribution is 7.22. The zero-order chi connectivity index (χ0) is 21.5. The highest BCUT2D eigenvalue weighted by Gasteiger charge is 2.37. The average Bonchev–Trinajstić information content (AvgIpc) is 3.31. The molecule has 0 bridgehead atoms. The van der Waals surface area contributed by atoms with Crippen molar-refractivity contribution >= 4 is 32.6 Å². The second-order valence-corrected chi connectivity index (χ2v) is 8.50. The van der Waals surface area contributed by atoms with Gasteiger partial charge < -0.3 is 10.2 Å². The van der Waals surface area contributed by atoms with Crippen LogP contribution < -0.4 is 5.32 Å². The first kappa shape index (κ1) is 20.6. The van der Waals surface area contributed by atoms with Crippen LogP contribution in [-0.4, -0.2) is 35.4 Å². The Morgan fingerprint density at radius 2 is 2.07 bits per heavy atom. The van der Waals surface area contributed by atoms with E-state index in [9.17, 15) is 22.4 Å². The average molecular weight is 437 g/mol. The number of carbonyl (C=O) groups is 1. The molecule has 1 amide bonds. The number of hydrogen-bond donors (Lipinski definition) is 1. The minimum Gasteiger partial charge on any atom is -0.361 e. The first-order chi connectivity index (χ1) is 14.2. The lowest BCUT2D eigenvalue weighted by Crippen LogP contribution is -2.31. The number of aryl methyl sites for hydroxylation is 1. The number of rotatable bonds is 4. The van der Waals surface area contributed by atoms with Crippen LogP contribution in [0.25, 0.3) is 10.2 Å². The fraction of sp³-hybridized carbons (Fsp3) is 0.333. The molecule has 1 fully saturated rings. The normalized spacial score (nSPS) is 17.0. The molecule has 1 aliphatic heterocycles. The van der Waals surface area contributed by atoms with E-state index in [1.165, 1.54) is 40.5 Å². The first-order valence-electron chi connectivity index (χ1n) is 9.48. The van der Waals surface area contributed by atoms with Crippen LogP contribution in [0.1, 0.15) is 27.9 Å². The van der Waals surface area contributed by atoms with Gasteiger partial charge in [-0.25, -0.2) is 9.37 Å². The predicted molar refractivity (Wildman–Crippen MR) is 108 cm³/mol. The number of aromatic nitrogens is 1. The molecule has 0 radical (unpaired) electrons. The van der Waals surface area contributed by atoms with Crippen molar-refractivity contribution in [3.63, 3.8) is 0 Å². The van der Waals surface area contributed by atoms with Crippen LogP contribution in [0.15, 0.2) is 36.4 Å². The SMILES string of the molecule is Cc1ccc(C(F)(F)F)c(C(=O)N2CC[C@@H](CNc3nc4ccc(F)cc4s3)C2)c1. The molecule has 1 aliphatic rings. The maximum absolute atomic E-state index is 13.3. The Bertz CT molecular complexity index is 1100. The highest BCUT2D eigenvalue weighted by Crippen LogP contribution is 2.34. The Hall–Kier alpha value is -2.68. The third kappa shape index (κ3) is 4.26.